The molecule has 1 fully saturated rings. The highest BCUT2D eigenvalue weighted by atomic mass is 15.1. The molecular weight excluding hydrogens is 200 g/mol. The number of hydrogen-bond donors (Lipinski definition) is 2. The molecular formula is C12H16N4. The van der Waals surface area contributed by atoms with Crippen LogP contribution in [0.3, 0.4) is 0 Å². The normalized spacial score (nSPS) is 17.8. The number of rotatable bonds is 2. The molecule has 0 atom stereocenters. The first kappa shape index (κ1) is 9.63. The van der Waals surface area contributed by atoms with Crippen LogP contribution in [0.1, 0.15) is 32.1 Å². The summed E-state index contributed by atoms with van der Waals surface area (Å²) in [7, 11) is 0. The third-order valence-electron chi connectivity index (χ3n) is 3.30. The van der Waals surface area contributed by atoms with Crippen LogP contribution in [0, 0.1) is 0 Å². The monoisotopic (exact) mass is 216 g/mol. The molecule has 0 unspecified atom stereocenters. The number of fused-ring (bicyclic) bond motifs is 1. The molecule has 1 aliphatic carbocycles. The molecule has 4 nitrogen and oxygen atoms in total. The average Bonchev–Trinajstić information content (AvgIpc) is 2.80. The summed E-state index contributed by atoms with van der Waals surface area (Å²) in [6, 6.07) is 2.61. The van der Waals surface area contributed by atoms with E-state index in [2.05, 4.69) is 20.3 Å². The lowest BCUT2D eigenvalue weighted by atomic mass is 9.95. The Kier molecular flexibility index (Phi) is 2.48. The third-order valence-corrected chi connectivity index (χ3v) is 3.30. The maximum Gasteiger partial charge on any atom is 0.142 e. The zero-order chi connectivity index (χ0) is 10.8. The van der Waals surface area contributed by atoms with Crippen molar-refractivity contribution in [2.45, 2.75) is 38.1 Å². The minimum absolute atomic E-state index is 0.585. The molecule has 4 heteroatoms. The molecule has 3 rings (SSSR count). The van der Waals surface area contributed by atoms with Crippen molar-refractivity contribution in [1.82, 2.24) is 15.0 Å². The third kappa shape index (κ3) is 1.75. The van der Waals surface area contributed by atoms with Crippen LogP contribution >= 0.6 is 0 Å². The van der Waals surface area contributed by atoms with E-state index in [1.165, 1.54) is 32.1 Å². The highest BCUT2D eigenvalue weighted by molar-refractivity contribution is 5.86. The second-order valence-electron chi connectivity index (χ2n) is 4.44. The molecule has 2 aromatic heterocycles. The minimum atomic E-state index is 0.585. The van der Waals surface area contributed by atoms with E-state index in [0.29, 0.717) is 6.04 Å². The summed E-state index contributed by atoms with van der Waals surface area (Å²) in [6.45, 7) is 0. The van der Waals surface area contributed by atoms with Crippen molar-refractivity contribution in [1.29, 1.82) is 0 Å². The summed E-state index contributed by atoms with van der Waals surface area (Å²) >= 11 is 0. The average molecular weight is 216 g/mol. The lowest BCUT2D eigenvalue weighted by Gasteiger charge is -2.23. The van der Waals surface area contributed by atoms with E-state index >= 15 is 0 Å². The summed E-state index contributed by atoms with van der Waals surface area (Å²) in [6.07, 6.45) is 10.1. The number of anilines is 1. The predicted octanol–water partition coefficient (Wildman–Crippen LogP) is 2.70. The summed E-state index contributed by atoms with van der Waals surface area (Å²) in [5.41, 5.74) is 0.910. The zero-order valence-electron chi connectivity index (χ0n) is 9.24. The van der Waals surface area contributed by atoms with Crippen LogP contribution in [0.5, 0.6) is 0 Å². The van der Waals surface area contributed by atoms with Gasteiger partial charge in [-0.05, 0) is 18.9 Å². The molecule has 2 heterocycles. The van der Waals surface area contributed by atoms with Crippen LogP contribution in [-0.2, 0) is 0 Å². The SMILES string of the molecule is c1nc(NC2CCCCC2)c2cc[nH]c2n1. The van der Waals surface area contributed by atoms with Gasteiger partial charge in [0.25, 0.3) is 0 Å². The molecule has 1 aliphatic rings. The summed E-state index contributed by atoms with van der Waals surface area (Å²) in [4.78, 5) is 11.6. The number of hydrogen-bond acceptors (Lipinski definition) is 3. The van der Waals surface area contributed by atoms with Gasteiger partial charge in [-0.3, -0.25) is 0 Å². The van der Waals surface area contributed by atoms with Crippen molar-refractivity contribution in [2.75, 3.05) is 5.32 Å². The van der Waals surface area contributed by atoms with E-state index in [0.717, 1.165) is 16.9 Å². The first-order chi connectivity index (χ1) is 7.93. The van der Waals surface area contributed by atoms with E-state index in [1.807, 2.05) is 12.3 Å². The van der Waals surface area contributed by atoms with Crippen LogP contribution in [0.2, 0.25) is 0 Å². The van der Waals surface area contributed by atoms with Gasteiger partial charge in [-0.25, -0.2) is 9.97 Å². The Bertz CT molecular complexity index is 471. The first-order valence-electron chi connectivity index (χ1n) is 5.98. The fourth-order valence-electron chi connectivity index (χ4n) is 2.43. The molecule has 0 spiro atoms. The first-order valence-corrected chi connectivity index (χ1v) is 5.98. The largest absolute Gasteiger partial charge is 0.367 e. The Balaban J connectivity index is 1.85. The van der Waals surface area contributed by atoms with Crippen LogP contribution in [0.25, 0.3) is 11.0 Å². The van der Waals surface area contributed by atoms with E-state index in [-0.39, 0.29) is 0 Å². The van der Waals surface area contributed by atoms with Gasteiger partial charge >= 0.3 is 0 Å². The Labute approximate surface area is 94.5 Å². The van der Waals surface area contributed by atoms with Gasteiger partial charge in [0.2, 0.25) is 0 Å². The molecule has 1 saturated carbocycles. The van der Waals surface area contributed by atoms with Crippen molar-refractivity contribution in [2.24, 2.45) is 0 Å². The van der Waals surface area contributed by atoms with Crippen molar-refractivity contribution in [3.63, 3.8) is 0 Å². The van der Waals surface area contributed by atoms with Crippen LogP contribution < -0.4 is 5.32 Å². The Morgan fingerprint density at radius 2 is 2.06 bits per heavy atom. The fraction of sp³-hybridized carbons (Fsp3) is 0.500. The Morgan fingerprint density at radius 3 is 2.94 bits per heavy atom. The van der Waals surface area contributed by atoms with E-state index in [9.17, 15) is 0 Å². The predicted molar refractivity (Wildman–Crippen MR) is 64.4 cm³/mol. The van der Waals surface area contributed by atoms with Crippen LogP contribution in [-0.4, -0.2) is 21.0 Å². The van der Waals surface area contributed by atoms with Gasteiger partial charge in [0.05, 0.1) is 5.39 Å². The molecule has 0 aromatic carbocycles. The number of aromatic nitrogens is 3. The molecule has 0 aliphatic heterocycles. The second-order valence-corrected chi connectivity index (χ2v) is 4.44. The number of nitrogens with zero attached hydrogens (tertiary/aromatic N) is 2. The van der Waals surface area contributed by atoms with Gasteiger partial charge in [0, 0.05) is 12.2 Å². The summed E-state index contributed by atoms with van der Waals surface area (Å²) < 4.78 is 0. The minimum Gasteiger partial charge on any atom is -0.367 e. The molecule has 2 N–H and O–H groups in total. The Hall–Kier alpha value is -1.58. The van der Waals surface area contributed by atoms with E-state index in [4.69, 9.17) is 0 Å². The summed E-state index contributed by atoms with van der Waals surface area (Å²) in [5, 5.41) is 4.63. The highest BCUT2D eigenvalue weighted by Crippen LogP contribution is 2.24. The molecule has 16 heavy (non-hydrogen) atoms. The zero-order valence-corrected chi connectivity index (χ0v) is 9.24. The van der Waals surface area contributed by atoms with E-state index < -0.39 is 0 Å². The fourth-order valence-corrected chi connectivity index (χ4v) is 2.43. The van der Waals surface area contributed by atoms with Gasteiger partial charge in [-0.15, -0.1) is 0 Å². The molecule has 2 aromatic rings. The lowest BCUT2D eigenvalue weighted by molar-refractivity contribution is 0.462. The topological polar surface area (TPSA) is 53.6 Å². The van der Waals surface area contributed by atoms with Gasteiger partial charge in [0.15, 0.2) is 0 Å². The van der Waals surface area contributed by atoms with Crippen molar-refractivity contribution >= 4 is 16.9 Å². The number of H-pyrrole nitrogens is 1. The van der Waals surface area contributed by atoms with E-state index in [1.54, 1.807) is 6.33 Å². The van der Waals surface area contributed by atoms with Gasteiger partial charge in [-0.1, -0.05) is 19.3 Å². The number of aromatic amines is 1. The quantitative estimate of drug-likeness (QED) is 0.811. The molecule has 0 amide bonds. The second kappa shape index (κ2) is 4.12. The molecule has 0 saturated heterocycles. The Morgan fingerprint density at radius 1 is 1.19 bits per heavy atom. The van der Waals surface area contributed by atoms with Crippen LogP contribution in [0.4, 0.5) is 5.82 Å². The van der Waals surface area contributed by atoms with Gasteiger partial charge in [-0.2, -0.15) is 0 Å². The molecule has 0 radical (unpaired) electrons. The van der Waals surface area contributed by atoms with Crippen molar-refractivity contribution in [3.8, 4) is 0 Å². The van der Waals surface area contributed by atoms with Gasteiger partial charge < -0.3 is 10.3 Å². The van der Waals surface area contributed by atoms with Crippen molar-refractivity contribution in [3.05, 3.63) is 18.6 Å². The maximum absolute atomic E-state index is 4.33. The molecule has 0 bridgehead atoms. The molecule has 84 valence electrons. The van der Waals surface area contributed by atoms with Crippen LogP contribution in [0.15, 0.2) is 18.6 Å². The standard InChI is InChI=1S/C12H16N4/c1-2-4-9(5-3-1)16-12-10-6-7-13-11(10)14-8-15-12/h6-9H,1-5H2,(H2,13,14,15,16). The highest BCUT2D eigenvalue weighted by Gasteiger charge is 2.14. The number of nitrogens with one attached hydrogen (secondary N) is 2. The maximum atomic E-state index is 4.33. The lowest BCUT2D eigenvalue weighted by Crippen LogP contribution is -2.22. The smallest absolute Gasteiger partial charge is 0.142 e. The van der Waals surface area contributed by atoms with Gasteiger partial charge in [0.1, 0.15) is 17.8 Å². The summed E-state index contributed by atoms with van der Waals surface area (Å²) in [5.74, 6) is 0.971. The van der Waals surface area contributed by atoms with Crippen molar-refractivity contribution < 1.29 is 0 Å².